The van der Waals surface area contributed by atoms with Gasteiger partial charge in [0, 0.05) is 10.8 Å². The molecule has 0 aliphatic carbocycles. The Balaban J connectivity index is 2.02. The maximum absolute atomic E-state index is 13.3. The van der Waals surface area contributed by atoms with Crippen LogP contribution in [0.1, 0.15) is 0 Å². The highest BCUT2D eigenvalue weighted by Crippen LogP contribution is 2.32. The number of methoxy groups -OCH3 is 1. The molecule has 4 aromatic rings. The highest BCUT2D eigenvalue weighted by Gasteiger charge is 2.27. The number of nitrogen functional groups attached to an aromatic ring is 1. The van der Waals surface area contributed by atoms with Gasteiger partial charge in [-0.15, -0.1) is 11.3 Å². The molecule has 0 spiro atoms. The highest BCUT2D eigenvalue weighted by atomic mass is 32.2. The van der Waals surface area contributed by atoms with Gasteiger partial charge in [0.25, 0.3) is 5.56 Å². The molecule has 0 radical (unpaired) electrons. The highest BCUT2D eigenvalue weighted by molar-refractivity contribution is 7.91. The predicted molar refractivity (Wildman–Crippen MR) is 108 cm³/mol. The number of benzene rings is 2. The maximum Gasteiger partial charge on any atom is 0.282 e. The lowest BCUT2D eigenvalue weighted by Crippen LogP contribution is -2.24. The Hall–Kier alpha value is -3.24. The molecule has 0 aliphatic heterocycles. The van der Waals surface area contributed by atoms with Crippen molar-refractivity contribution in [2.75, 3.05) is 12.8 Å². The van der Waals surface area contributed by atoms with E-state index in [9.17, 15) is 17.6 Å². The number of nitrogens with two attached hydrogens (primary N) is 1. The molecule has 0 bridgehead atoms. The van der Waals surface area contributed by atoms with Crippen molar-refractivity contribution in [3.05, 3.63) is 70.1 Å². The summed E-state index contributed by atoms with van der Waals surface area (Å²) >= 11 is 1.05. The van der Waals surface area contributed by atoms with Crippen molar-refractivity contribution in [1.29, 1.82) is 0 Å². The summed E-state index contributed by atoms with van der Waals surface area (Å²) in [5.41, 5.74) is 5.76. The number of aromatic nitrogens is 2. The normalized spacial score (nSPS) is 11.7. The molecule has 0 fully saturated rings. The zero-order valence-corrected chi connectivity index (χ0v) is 16.6. The minimum Gasteiger partial charge on any atom is -0.497 e. The Morgan fingerprint density at radius 1 is 1.10 bits per heavy atom. The number of thiophene rings is 1. The van der Waals surface area contributed by atoms with Crippen LogP contribution in [0.3, 0.4) is 0 Å². The Bertz CT molecular complexity index is 1380. The van der Waals surface area contributed by atoms with Crippen LogP contribution in [-0.2, 0) is 9.84 Å². The zero-order chi connectivity index (χ0) is 20.8. The number of halogens is 1. The number of rotatable bonds is 4. The lowest BCUT2D eigenvalue weighted by atomic mass is 10.2. The summed E-state index contributed by atoms with van der Waals surface area (Å²) in [6.07, 6.45) is 0. The van der Waals surface area contributed by atoms with E-state index in [0.717, 1.165) is 40.3 Å². The van der Waals surface area contributed by atoms with Crippen molar-refractivity contribution < 1.29 is 17.5 Å². The summed E-state index contributed by atoms with van der Waals surface area (Å²) in [6, 6.07) is 10.8. The lowest BCUT2D eigenvalue weighted by Gasteiger charge is -2.11. The van der Waals surface area contributed by atoms with Crippen LogP contribution in [0.4, 0.5) is 9.39 Å². The van der Waals surface area contributed by atoms with Crippen LogP contribution in [0.5, 0.6) is 5.75 Å². The minimum atomic E-state index is -4.14. The lowest BCUT2D eigenvalue weighted by molar-refractivity contribution is 0.414. The molecule has 2 aromatic heterocycles. The molecular weight excluding hydrogens is 417 g/mol. The van der Waals surface area contributed by atoms with Gasteiger partial charge in [-0.25, -0.2) is 12.8 Å². The van der Waals surface area contributed by atoms with Crippen LogP contribution in [0.15, 0.2) is 68.6 Å². The molecule has 0 saturated carbocycles. The third-order valence-corrected chi connectivity index (χ3v) is 6.86. The van der Waals surface area contributed by atoms with E-state index in [1.807, 2.05) is 0 Å². The van der Waals surface area contributed by atoms with Crippen LogP contribution >= 0.6 is 11.3 Å². The van der Waals surface area contributed by atoms with Crippen molar-refractivity contribution in [1.82, 2.24) is 9.78 Å². The third-order valence-electron chi connectivity index (χ3n) is 4.34. The molecule has 0 unspecified atom stereocenters. The van der Waals surface area contributed by atoms with E-state index < -0.39 is 21.2 Å². The van der Waals surface area contributed by atoms with Crippen LogP contribution in [-0.4, -0.2) is 25.3 Å². The van der Waals surface area contributed by atoms with E-state index in [2.05, 4.69) is 5.10 Å². The number of fused-ring (bicyclic) bond motifs is 1. The Kier molecular flexibility index (Phi) is 4.59. The monoisotopic (exact) mass is 431 g/mol. The fourth-order valence-corrected chi connectivity index (χ4v) is 5.09. The first kappa shape index (κ1) is 19.1. The second-order valence-electron chi connectivity index (χ2n) is 6.07. The summed E-state index contributed by atoms with van der Waals surface area (Å²) in [5.74, 6) is 0.00196. The van der Waals surface area contributed by atoms with Crippen LogP contribution in [0, 0.1) is 5.82 Å². The maximum atomic E-state index is 13.3. The summed E-state index contributed by atoms with van der Waals surface area (Å²) in [7, 11) is -2.64. The molecule has 0 atom stereocenters. The number of hydrogen-bond donors (Lipinski definition) is 1. The SMILES string of the molecule is COc1ccc(-n2nc(S(=O)(=O)c3ccc(F)cc3)c3csc(N)c3c2=O)cc1. The molecule has 2 heterocycles. The second kappa shape index (κ2) is 6.98. The van der Waals surface area contributed by atoms with E-state index in [4.69, 9.17) is 10.5 Å². The van der Waals surface area contributed by atoms with Gasteiger partial charge in [-0.2, -0.15) is 9.78 Å². The van der Waals surface area contributed by atoms with Gasteiger partial charge in [-0.1, -0.05) is 0 Å². The smallest absolute Gasteiger partial charge is 0.282 e. The van der Waals surface area contributed by atoms with Crippen molar-refractivity contribution in [2.24, 2.45) is 0 Å². The summed E-state index contributed by atoms with van der Waals surface area (Å²) < 4.78 is 45.8. The van der Waals surface area contributed by atoms with Gasteiger partial charge in [-0.05, 0) is 48.5 Å². The van der Waals surface area contributed by atoms with Gasteiger partial charge in [0.1, 0.15) is 11.6 Å². The van der Waals surface area contributed by atoms with Crippen LogP contribution in [0.2, 0.25) is 0 Å². The summed E-state index contributed by atoms with van der Waals surface area (Å²) in [4.78, 5) is 12.8. The largest absolute Gasteiger partial charge is 0.497 e. The van der Waals surface area contributed by atoms with Crippen LogP contribution < -0.4 is 16.0 Å². The first-order valence-electron chi connectivity index (χ1n) is 8.28. The Labute approximate surface area is 168 Å². The zero-order valence-electron chi connectivity index (χ0n) is 15.0. The van der Waals surface area contributed by atoms with Gasteiger partial charge in [0.2, 0.25) is 9.84 Å². The topological polar surface area (TPSA) is 104 Å². The van der Waals surface area contributed by atoms with Gasteiger partial charge in [0.15, 0.2) is 5.03 Å². The molecule has 0 saturated heterocycles. The Morgan fingerprint density at radius 3 is 2.38 bits per heavy atom. The molecular formula is C19H14FN3O4S2. The van der Waals surface area contributed by atoms with E-state index in [1.54, 1.807) is 24.3 Å². The number of hydrogen-bond acceptors (Lipinski definition) is 7. The van der Waals surface area contributed by atoms with Crippen molar-refractivity contribution in [3.8, 4) is 11.4 Å². The number of anilines is 1. The molecule has 0 amide bonds. The first-order valence-corrected chi connectivity index (χ1v) is 10.6. The Morgan fingerprint density at radius 2 is 1.76 bits per heavy atom. The van der Waals surface area contributed by atoms with Crippen molar-refractivity contribution in [3.63, 3.8) is 0 Å². The molecule has 0 aliphatic rings. The van der Waals surface area contributed by atoms with Gasteiger partial charge < -0.3 is 10.5 Å². The minimum absolute atomic E-state index is 0.0708. The van der Waals surface area contributed by atoms with Gasteiger partial charge in [-0.3, -0.25) is 4.79 Å². The van der Waals surface area contributed by atoms with Crippen molar-refractivity contribution >= 4 is 36.9 Å². The average Bonchev–Trinajstić information content (AvgIpc) is 3.11. The number of nitrogens with zero attached hydrogens (tertiary/aromatic N) is 2. The molecule has 10 heteroatoms. The fourth-order valence-electron chi connectivity index (χ4n) is 2.87. The molecule has 148 valence electrons. The predicted octanol–water partition coefficient (Wildman–Crippen LogP) is 3.01. The average molecular weight is 431 g/mol. The molecule has 29 heavy (non-hydrogen) atoms. The van der Waals surface area contributed by atoms with Gasteiger partial charge >= 0.3 is 0 Å². The molecule has 2 N–H and O–H groups in total. The number of ether oxygens (including phenoxy) is 1. The number of sulfone groups is 1. The molecule has 4 rings (SSSR count). The summed E-state index contributed by atoms with van der Waals surface area (Å²) in [6.45, 7) is 0. The quantitative estimate of drug-likeness (QED) is 0.498. The third kappa shape index (κ3) is 3.15. The van der Waals surface area contributed by atoms with E-state index in [-0.39, 0.29) is 25.7 Å². The van der Waals surface area contributed by atoms with Gasteiger partial charge in [0.05, 0.1) is 28.1 Å². The summed E-state index contributed by atoms with van der Waals surface area (Å²) in [5, 5.41) is 5.68. The van der Waals surface area contributed by atoms with E-state index >= 15 is 0 Å². The van der Waals surface area contributed by atoms with E-state index in [1.165, 1.54) is 12.5 Å². The molecule has 7 nitrogen and oxygen atoms in total. The first-order chi connectivity index (χ1) is 13.8. The molecule has 2 aromatic carbocycles. The van der Waals surface area contributed by atoms with Crippen LogP contribution in [0.25, 0.3) is 16.5 Å². The van der Waals surface area contributed by atoms with E-state index in [0.29, 0.717) is 11.4 Å². The second-order valence-corrected chi connectivity index (χ2v) is 8.84. The van der Waals surface area contributed by atoms with Crippen molar-refractivity contribution in [2.45, 2.75) is 9.92 Å². The standard InChI is InChI=1S/C19H14FN3O4S2/c1-27-13-6-4-12(5-7-13)23-19(24)16-15(10-28-17(16)21)18(22-23)29(25,26)14-8-2-11(20)3-9-14/h2-10H,21H2,1H3. The fraction of sp³-hybridized carbons (Fsp3) is 0.0526.